The van der Waals surface area contributed by atoms with Gasteiger partial charge in [0.05, 0.1) is 0 Å². The number of hydrogen-bond donors (Lipinski definition) is 2. The molecule has 0 unspecified atom stereocenters. The molecule has 0 atom stereocenters. The first-order valence-electron chi connectivity index (χ1n) is 10.1. The fourth-order valence-corrected chi connectivity index (χ4v) is 4.33. The lowest BCUT2D eigenvalue weighted by Gasteiger charge is -2.31. The molecule has 2 aliphatic rings. The summed E-state index contributed by atoms with van der Waals surface area (Å²) in [5.41, 5.74) is 2.30. The van der Waals surface area contributed by atoms with Gasteiger partial charge in [0.1, 0.15) is 0 Å². The Morgan fingerprint density at radius 2 is 1.64 bits per heavy atom. The van der Waals surface area contributed by atoms with Crippen LogP contribution in [0.4, 0.5) is 5.82 Å². The van der Waals surface area contributed by atoms with Gasteiger partial charge in [-0.2, -0.15) is 0 Å². The number of hydrogen-bond acceptors (Lipinski definition) is 4. The van der Waals surface area contributed by atoms with E-state index in [1.54, 1.807) is 0 Å². The molecule has 2 N–H and O–H groups in total. The highest BCUT2D eigenvalue weighted by Crippen LogP contribution is 2.36. The average molecular weight is 378 g/mol. The van der Waals surface area contributed by atoms with Crippen LogP contribution < -0.4 is 10.6 Å². The van der Waals surface area contributed by atoms with Gasteiger partial charge in [-0.15, -0.1) is 0 Å². The van der Waals surface area contributed by atoms with Crippen LogP contribution in [0.15, 0.2) is 36.7 Å². The zero-order valence-electron chi connectivity index (χ0n) is 16.2. The number of rotatable bonds is 4. The fourth-order valence-electron chi connectivity index (χ4n) is 4.33. The molecule has 1 aromatic heterocycles. The topological polar surface area (TPSA) is 84.0 Å². The molecule has 2 aliphatic carbocycles. The van der Waals surface area contributed by atoms with Crippen molar-refractivity contribution in [2.45, 2.75) is 57.9 Å². The first-order valence-corrected chi connectivity index (χ1v) is 10.1. The molecule has 146 valence electrons. The molecule has 0 saturated heterocycles. The van der Waals surface area contributed by atoms with Crippen LogP contribution in [0.25, 0.3) is 0 Å². The minimum absolute atomic E-state index is 0.0336. The zero-order valence-corrected chi connectivity index (χ0v) is 16.2. The Kier molecular flexibility index (Phi) is 5.11. The van der Waals surface area contributed by atoms with E-state index in [-0.39, 0.29) is 29.4 Å². The summed E-state index contributed by atoms with van der Waals surface area (Å²) in [6.45, 7) is 1.99. The standard InChI is InChI=1S/C22H26N4O2/c1-22(9-5-2-6-10-22)21(28)26-19-18(23-11-12-24-19)20(27)25-17-13-15-7-3-4-8-16(15)14-17/h3-4,7-8,11-12,17H,2,5-6,9-10,13-14H2,1H3,(H,25,27)(H,24,26,28). The van der Waals surface area contributed by atoms with Crippen molar-refractivity contribution in [2.24, 2.45) is 5.41 Å². The minimum atomic E-state index is -0.406. The van der Waals surface area contributed by atoms with Gasteiger partial charge < -0.3 is 10.6 Å². The van der Waals surface area contributed by atoms with Crippen molar-refractivity contribution in [3.63, 3.8) is 0 Å². The number of amides is 2. The monoisotopic (exact) mass is 378 g/mol. The summed E-state index contributed by atoms with van der Waals surface area (Å²) in [6.07, 6.45) is 9.61. The summed E-state index contributed by atoms with van der Waals surface area (Å²) >= 11 is 0. The van der Waals surface area contributed by atoms with E-state index in [0.717, 1.165) is 38.5 Å². The van der Waals surface area contributed by atoms with E-state index in [0.29, 0.717) is 0 Å². The van der Waals surface area contributed by atoms with Gasteiger partial charge in [0, 0.05) is 23.9 Å². The van der Waals surface area contributed by atoms with Crippen LogP contribution in [0, 0.1) is 5.41 Å². The molecule has 4 rings (SSSR count). The lowest BCUT2D eigenvalue weighted by Crippen LogP contribution is -2.38. The van der Waals surface area contributed by atoms with E-state index < -0.39 is 5.41 Å². The maximum Gasteiger partial charge on any atom is 0.273 e. The van der Waals surface area contributed by atoms with Crippen molar-refractivity contribution in [1.29, 1.82) is 0 Å². The number of carbonyl (C=O) groups is 2. The van der Waals surface area contributed by atoms with Crippen molar-refractivity contribution < 1.29 is 9.59 Å². The van der Waals surface area contributed by atoms with Gasteiger partial charge in [0.15, 0.2) is 11.5 Å². The molecule has 6 nitrogen and oxygen atoms in total. The predicted octanol–water partition coefficient (Wildman–Crippen LogP) is 3.28. The highest BCUT2D eigenvalue weighted by molar-refractivity contribution is 6.02. The van der Waals surface area contributed by atoms with E-state index in [9.17, 15) is 9.59 Å². The van der Waals surface area contributed by atoms with Gasteiger partial charge in [-0.25, -0.2) is 9.97 Å². The van der Waals surface area contributed by atoms with Crippen LogP contribution in [0.1, 0.15) is 60.6 Å². The maximum absolute atomic E-state index is 12.8. The first-order chi connectivity index (χ1) is 13.5. The molecule has 0 spiro atoms. The van der Waals surface area contributed by atoms with Crippen molar-refractivity contribution in [3.8, 4) is 0 Å². The van der Waals surface area contributed by atoms with Crippen molar-refractivity contribution in [3.05, 3.63) is 53.5 Å². The number of fused-ring (bicyclic) bond motifs is 1. The van der Waals surface area contributed by atoms with E-state index in [4.69, 9.17) is 0 Å². The quantitative estimate of drug-likeness (QED) is 0.855. The highest BCUT2D eigenvalue weighted by Gasteiger charge is 2.35. The third kappa shape index (κ3) is 3.77. The molecule has 2 amide bonds. The summed E-state index contributed by atoms with van der Waals surface area (Å²) in [7, 11) is 0. The molecule has 28 heavy (non-hydrogen) atoms. The Labute approximate surface area is 165 Å². The summed E-state index contributed by atoms with van der Waals surface area (Å²) in [5, 5.41) is 5.92. The molecule has 0 aliphatic heterocycles. The third-order valence-electron chi connectivity index (χ3n) is 6.04. The fraction of sp³-hybridized carbons (Fsp3) is 0.455. The largest absolute Gasteiger partial charge is 0.347 e. The second kappa shape index (κ2) is 7.70. The van der Waals surface area contributed by atoms with Crippen molar-refractivity contribution in [1.82, 2.24) is 15.3 Å². The van der Waals surface area contributed by atoms with E-state index in [1.807, 2.05) is 19.1 Å². The summed E-state index contributed by atoms with van der Waals surface area (Å²) in [5.74, 6) is -0.127. The number of nitrogens with one attached hydrogen (secondary N) is 2. The molecule has 1 heterocycles. The minimum Gasteiger partial charge on any atom is -0.347 e. The third-order valence-corrected chi connectivity index (χ3v) is 6.04. The normalized spacial score (nSPS) is 18.3. The van der Waals surface area contributed by atoms with Crippen LogP contribution in [0.5, 0.6) is 0 Å². The Morgan fingerprint density at radius 3 is 2.32 bits per heavy atom. The second-order valence-corrected chi connectivity index (χ2v) is 8.18. The first kappa shape index (κ1) is 18.6. The SMILES string of the molecule is CC1(C(=O)Nc2nccnc2C(=O)NC2Cc3ccccc3C2)CCCCC1. The summed E-state index contributed by atoms with van der Waals surface area (Å²) in [4.78, 5) is 34.1. The van der Waals surface area contributed by atoms with Crippen LogP contribution in [-0.4, -0.2) is 27.8 Å². The lowest BCUT2D eigenvalue weighted by atomic mass is 9.75. The van der Waals surface area contributed by atoms with Crippen molar-refractivity contribution in [2.75, 3.05) is 5.32 Å². The van der Waals surface area contributed by atoms with Gasteiger partial charge in [-0.05, 0) is 36.8 Å². The molecular weight excluding hydrogens is 352 g/mol. The molecule has 1 aromatic carbocycles. The van der Waals surface area contributed by atoms with Gasteiger partial charge in [0.2, 0.25) is 5.91 Å². The van der Waals surface area contributed by atoms with Crippen LogP contribution in [-0.2, 0) is 17.6 Å². The zero-order chi connectivity index (χ0) is 19.6. The van der Waals surface area contributed by atoms with Crippen molar-refractivity contribution >= 4 is 17.6 Å². The van der Waals surface area contributed by atoms with Crippen LogP contribution >= 0.6 is 0 Å². The Morgan fingerprint density at radius 1 is 1.00 bits per heavy atom. The summed E-state index contributed by atoms with van der Waals surface area (Å²) in [6, 6.07) is 8.27. The van der Waals surface area contributed by atoms with Crippen LogP contribution in [0.3, 0.4) is 0 Å². The van der Waals surface area contributed by atoms with Gasteiger partial charge in [-0.1, -0.05) is 50.5 Å². The number of benzene rings is 1. The number of nitrogens with zero attached hydrogens (tertiary/aromatic N) is 2. The smallest absolute Gasteiger partial charge is 0.273 e. The van der Waals surface area contributed by atoms with E-state index in [1.165, 1.54) is 29.9 Å². The predicted molar refractivity (Wildman–Crippen MR) is 107 cm³/mol. The maximum atomic E-state index is 12.8. The van der Waals surface area contributed by atoms with Crippen LogP contribution in [0.2, 0.25) is 0 Å². The summed E-state index contributed by atoms with van der Waals surface area (Å²) < 4.78 is 0. The Bertz CT molecular complexity index is 865. The van der Waals surface area contributed by atoms with E-state index in [2.05, 4.69) is 32.7 Å². The molecule has 0 bridgehead atoms. The number of anilines is 1. The molecule has 2 aromatic rings. The molecule has 1 fully saturated rings. The Balaban J connectivity index is 1.45. The second-order valence-electron chi connectivity index (χ2n) is 8.18. The molecule has 6 heteroatoms. The Hall–Kier alpha value is -2.76. The van der Waals surface area contributed by atoms with Gasteiger partial charge in [0.25, 0.3) is 5.91 Å². The van der Waals surface area contributed by atoms with Gasteiger partial charge in [-0.3, -0.25) is 9.59 Å². The van der Waals surface area contributed by atoms with E-state index >= 15 is 0 Å². The molecule has 0 radical (unpaired) electrons. The lowest BCUT2D eigenvalue weighted by molar-refractivity contribution is -0.126. The average Bonchev–Trinajstić information content (AvgIpc) is 3.11. The molecular formula is C22H26N4O2. The number of carbonyl (C=O) groups excluding carboxylic acids is 2. The molecule has 1 saturated carbocycles. The number of aromatic nitrogens is 2. The highest BCUT2D eigenvalue weighted by atomic mass is 16.2. The van der Waals surface area contributed by atoms with Gasteiger partial charge >= 0.3 is 0 Å².